The van der Waals surface area contributed by atoms with E-state index in [1.165, 1.54) is 11.8 Å². The van der Waals surface area contributed by atoms with Crippen molar-refractivity contribution in [2.75, 3.05) is 19.7 Å². The zero-order valence-electron chi connectivity index (χ0n) is 18.9. The van der Waals surface area contributed by atoms with Gasteiger partial charge < -0.3 is 14.5 Å². The quantitative estimate of drug-likeness (QED) is 0.467. The number of nitrogens with zero attached hydrogens (tertiary/aromatic N) is 3. The van der Waals surface area contributed by atoms with Gasteiger partial charge in [0.05, 0.1) is 23.7 Å². The van der Waals surface area contributed by atoms with Gasteiger partial charge in [-0.15, -0.1) is 0 Å². The number of carbonyl (C=O) groups is 2. The maximum absolute atomic E-state index is 13.1. The molecule has 3 aliphatic heterocycles. The third kappa shape index (κ3) is 4.26. The van der Waals surface area contributed by atoms with E-state index in [1.54, 1.807) is 6.08 Å². The molecule has 0 N–H and O–H groups in total. The number of aryl methyl sites for hydroxylation is 2. The Labute approximate surface area is 193 Å². The summed E-state index contributed by atoms with van der Waals surface area (Å²) >= 11 is 1.50. The summed E-state index contributed by atoms with van der Waals surface area (Å²) in [5.41, 5.74) is 5.27. The summed E-state index contributed by atoms with van der Waals surface area (Å²) in [6.07, 6.45) is 3.97. The molecule has 3 aliphatic rings. The topological polar surface area (TPSA) is 62.2 Å². The number of likely N-dealkylation sites (tertiary alicyclic amines) is 1. The van der Waals surface area contributed by atoms with Crippen molar-refractivity contribution in [1.82, 2.24) is 9.80 Å². The molecule has 6 nitrogen and oxygen atoms in total. The highest BCUT2D eigenvalue weighted by molar-refractivity contribution is 8.16. The molecule has 1 fully saturated rings. The van der Waals surface area contributed by atoms with E-state index in [1.807, 2.05) is 22.1 Å². The number of allylic oxidation sites excluding steroid dienone is 1. The number of thioether (sulfide) groups is 1. The Morgan fingerprint density at radius 1 is 1.25 bits per heavy atom. The lowest BCUT2D eigenvalue weighted by atomic mass is 9.90. The second-order valence-electron chi connectivity index (χ2n) is 8.40. The number of fused-ring (bicyclic) bond motifs is 1. The predicted molar refractivity (Wildman–Crippen MR) is 128 cm³/mol. The van der Waals surface area contributed by atoms with E-state index in [0.717, 1.165) is 53.5 Å². The summed E-state index contributed by atoms with van der Waals surface area (Å²) in [6, 6.07) is 5.84. The van der Waals surface area contributed by atoms with Gasteiger partial charge in [-0.1, -0.05) is 48.2 Å². The largest absolute Gasteiger partial charge is 0.458 e. The van der Waals surface area contributed by atoms with Crippen LogP contribution in [0.4, 0.5) is 0 Å². The Hall–Kier alpha value is -2.80. The molecule has 7 heteroatoms. The molecule has 0 unspecified atom stereocenters. The monoisotopic (exact) mass is 451 g/mol. The van der Waals surface area contributed by atoms with Crippen LogP contribution >= 0.6 is 11.8 Å². The van der Waals surface area contributed by atoms with Crippen molar-refractivity contribution in [3.8, 4) is 0 Å². The number of esters is 1. The average molecular weight is 452 g/mol. The SMILES string of the molecule is C=CCOC(=O)C1=C(C)N=C2SC=C(CC(=O)N3CCCC3)N2[C@@H]1c1ccc(C)cc1C. The van der Waals surface area contributed by atoms with E-state index in [2.05, 4.69) is 38.6 Å². The normalized spacial score (nSPS) is 20.2. The van der Waals surface area contributed by atoms with Gasteiger partial charge in [0.2, 0.25) is 5.91 Å². The number of benzene rings is 1. The van der Waals surface area contributed by atoms with E-state index in [9.17, 15) is 9.59 Å². The number of hydrogen-bond donors (Lipinski definition) is 0. The van der Waals surface area contributed by atoms with Crippen LogP contribution in [0.1, 0.15) is 48.9 Å². The van der Waals surface area contributed by atoms with Crippen LogP contribution in [-0.2, 0) is 14.3 Å². The molecule has 1 saturated heterocycles. The first-order chi connectivity index (χ1) is 15.4. The van der Waals surface area contributed by atoms with Crippen LogP contribution in [-0.4, -0.2) is 46.5 Å². The summed E-state index contributed by atoms with van der Waals surface area (Å²) in [5.74, 6) is -0.283. The second kappa shape index (κ2) is 9.36. The van der Waals surface area contributed by atoms with E-state index in [-0.39, 0.29) is 12.5 Å². The lowest BCUT2D eigenvalue weighted by Crippen LogP contribution is -2.38. The molecule has 168 valence electrons. The Morgan fingerprint density at radius 2 is 2.00 bits per heavy atom. The predicted octanol–water partition coefficient (Wildman–Crippen LogP) is 4.62. The molecule has 1 atom stereocenters. The van der Waals surface area contributed by atoms with Gasteiger partial charge in [-0.3, -0.25) is 4.79 Å². The molecule has 0 aromatic heterocycles. The van der Waals surface area contributed by atoms with Gasteiger partial charge in [0.1, 0.15) is 6.61 Å². The van der Waals surface area contributed by atoms with E-state index in [4.69, 9.17) is 9.73 Å². The van der Waals surface area contributed by atoms with Gasteiger partial charge in [-0.2, -0.15) is 0 Å². The van der Waals surface area contributed by atoms with Crippen molar-refractivity contribution in [2.24, 2.45) is 4.99 Å². The number of aliphatic imine (C=N–C) groups is 1. The van der Waals surface area contributed by atoms with Crippen molar-refractivity contribution in [2.45, 2.75) is 46.1 Å². The molecule has 0 aliphatic carbocycles. The zero-order valence-corrected chi connectivity index (χ0v) is 19.7. The molecule has 1 aromatic carbocycles. The minimum absolute atomic E-state index is 0.122. The van der Waals surface area contributed by atoms with E-state index in [0.29, 0.717) is 17.7 Å². The van der Waals surface area contributed by atoms with Crippen LogP contribution in [0.2, 0.25) is 0 Å². The van der Waals surface area contributed by atoms with Gasteiger partial charge in [-0.25, -0.2) is 9.79 Å². The van der Waals surface area contributed by atoms with Gasteiger partial charge in [0.25, 0.3) is 0 Å². The van der Waals surface area contributed by atoms with E-state index < -0.39 is 12.0 Å². The molecular formula is C25H29N3O3S. The maximum Gasteiger partial charge on any atom is 0.338 e. The summed E-state index contributed by atoms with van der Waals surface area (Å²) < 4.78 is 5.45. The molecular weight excluding hydrogens is 422 g/mol. The van der Waals surface area contributed by atoms with E-state index >= 15 is 0 Å². The Bertz CT molecular complexity index is 1050. The fraction of sp³-hybridized carbons (Fsp3) is 0.400. The standard InChI is InChI=1S/C25H29N3O3S/c1-5-12-31-24(30)22-18(4)26-25-28(23(22)20-9-8-16(2)13-17(20)3)19(15-32-25)14-21(29)27-10-6-7-11-27/h5,8-9,13,15,23H,1,6-7,10-12,14H2,2-4H3/t23-/m1/s1. The summed E-state index contributed by atoms with van der Waals surface area (Å²) in [6.45, 7) is 11.4. The number of ether oxygens (including phenoxy) is 1. The molecule has 32 heavy (non-hydrogen) atoms. The van der Waals surface area contributed by atoms with Crippen molar-refractivity contribution in [1.29, 1.82) is 0 Å². The fourth-order valence-electron chi connectivity index (χ4n) is 4.50. The highest BCUT2D eigenvalue weighted by Crippen LogP contribution is 2.45. The van der Waals surface area contributed by atoms with Gasteiger partial charge in [0.15, 0.2) is 5.17 Å². The molecule has 3 heterocycles. The minimum Gasteiger partial charge on any atom is -0.458 e. The number of amidine groups is 1. The number of rotatable bonds is 6. The summed E-state index contributed by atoms with van der Waals surface area (Å²) in [7, 11) is 0. The van der Waals surface area contributed by atoms with Gasteiger partial charge in [0, 0.05) is 18.8 Å². The lowest BCUT2D eigenvalue weighted by molar-refractivity contribution is -0.138. The molecule has 0 radical (unpaired) electrons. The first kappa shape index (κ1) is 22.4. The van der Waals surface area contributed by atoms with Gasteiger partial charge >= 0.3 is 5.97 Å². The first-order valence-electron chi connectivity index (χ1n) is 11.0. The van der Waals surface area contributed by atoms with Crippen LogP contribution < -0.4 is 0 Å². The molecule has 1 amide bonds. The second-order valence-corrected chi connectivity index (χ2v) is 9.24. The molecule has 0 bridgehead atoms. The van der Waals surface area contributed by atoms with Crippen LogP contribution in [0.25, 0.3) is 0 Å². The number of hydrogen-bond acceptors (Lipinski definition) is 6. The number of carbonyl (C=O) groups excluding carboxylic acids is 2. The Balaban J connectivity index is 1.74. The Morgan fingerprint density at radius 3 is 2.69 bits per heavy atom. The maximum atomic E-state index is 13.1. The third-order valence-electron chi connectivity index (χ3n) is 6.06. The molecule has 0 spiro atoms. The molecule has 0 saturated carbocycles. The van der Waals surface area contributed by atoms with Crippen LogP contribution in [0.15, 0.2) is 58.2 Å². The zero-order chi connectivity index (χ0) is 22.8. The lowest BCUT2D eigenvalue weighted by Gasteiger charge is -2.37. The van der Waals surface area contributed by atoms with Crippen molar-refractivity contribution < 1.29 is 14.3 Å². The van der Waals surface area contributed by atoms with Crippen LogP contribution in [0, 0.1) is 13.8 Å². The van der Waals surface area contributed by atoms with Gasteiger partial charge in [-0.05, 0) is 50.1 Å². The average Bonchev–Trinajstić information content (AvgIpc) is 3.42. The Kier molecular flexibility index (Phi) is 6.55. The molecule has 4 rings (SSSR count). The van der Waals surface area contributed by atoms with Crippen molar-refractivity contribution in [3.05, 3.63) is 69.9 Å². The third-order valence-corrected chi connectivity index (χ3v) is 6.95. The molecule has 1 aromatic rings. The van der Waals surface area contributed by atoms with Crippen LogP contribution in [0.3, 0.4) is 0 Å². The highest BCUT2D eigenvalue weighted by atomic mass is 32.2. The summed E-state index contributed by atoms with van der Waals surface area (Å²) in [5, 5.41) is 2.78. The minimum atomic E-state index is -0.405. The van der Waals surface area contributed by atoms with Crippen molar-refractivity contribution >= 4 is 28.8 Å². The summed E-state index contributed by atoms with van der Waals surface area (Å²) in [4.78, 5) is 34.8. The number of amides is 1. The fourth-order valence-corrected chi connectivity index (χ4v) is 5.47. The van der Waals surface area contributed by atoms with Crippen LogP contribution in [0.5, 0.6) is 0 Å². The smallest absolute Gasteiger partial charge is 0.338 e. The first-order valence-corrected chi connectivity index (χ1v) is 11.9. The van der Waals surface area contributed by atoms with Crippen molar-refractivity contribution in [3.63, 3.8) is 0 Å². The highest BCUT2D eigenvalue weighted by Gasteiger charge is 2.42.